The molecule has 6 nitrogen and oxygen atoms in total. The summed E-state index contributed by atoms with van der Waals surface area (Å²) in [6.07, 6.45) is 0. The van der Waals surface area contributed by atoms with Crippen molar-refractivity contribution in [2.24, 2.45) is 0 Å². The molecule has 2 aromatic carbocycles. The fourth-order valence-corrected chi connectivity index (χ4v) is 2.89. The third kappa shape index (κ3) is 4.22. The van der Waals surface area contributed by atoms with Crippen molar-refractivity contribution in [2.75, 3.05) is 10.6 Å². The number of hydrogen-bond donors (Lipinski definition) is 2. The fourth-order valence-electron chi connectivity index (χ4n) is 2.89. The summed E-state index contributed by atoms with van der Waals surface area (Å²) in [7, 11) is -1.06. The van der Waals surface area contributed by atoms with Crippen molar-refractivity contribution in [1.29, 1.82) is 0 Å². The normalized spacial score (nSPS) is 17.0. The van der Waals surface area contributed by atoms with E-state index in [1.165, 1.54) is 31.2 Å². The molecule has 1 saturated heterocycles. The maximum absolute atomic E-state index is 14.7. The Balaban J connectivity index is 1.73. The van der Waals surface area contributed by atoms with E-state index in [1.807, 2.05) is 27.7 Å². The molecule has 2 amide bonds. The molecule has 1 fully saturated rings. The smallest absolute Gasteiger partial charge is 0.399 e. The molecule has 1 aliphatic rings. The van der Waals surface area contributed by atoms with E-state index in [1.54, 1.807) is 12.1 Å². The number of carbonyl (C=O) groups excluding carboxylic acids is 2. The lowest BCUT2D eigenvalue weighted by Crippen LogP contribution is -2.41. The Labute approximate surface area is 174 Å². The van der Waals surface area contributed by atoms with E-state index in [0.29, 0.717) is 11.3 Å². The molecule has 30 heavy (non-hydrogen) atoms. The van der Waals surface area contributed by atoms with Crippen LogP contribution in [0.2, 0.25) is 0 Å². The number of hydrogen-bond acceptors (Lipinski definition) is 4. The number of urea groups is 1. The van der Waals surface area contributed by atoms with Crippen LogP contribution in [0.4, 0.5) is 25.0 Å². The molecule has 0 bridgehead atoms. The van der Waals surface area contributed by atoms with Crippen molar-refractivity contribution in [3.05, 3.63) is 53.6 Å². The monoisotopic (exact) mass is 416 g/mol. The van der Waals surface area contributed by atoms with Crippen LogP contribution in [0.3, 0.4) is 0 Å². The Morgan fingerprint density at radius 2 is 1.43 bits per heavy atom. The quantitative estimate of drug-likeness (QED) is 0.581. The summed E-state index contributed by atoms with van der Waals surface area (Å²) in [6, 6.07) is 7.99. The molecule has 2 aromatic rings. The zero-order chi connectivity index (χ0) is 22.3. The van der Waals surface area contributed by atoms with Gasteiger partial charge in [0.25, 0.3) is 0 Å². The second kappa shape index (κ2) is 7.81. The molecule has 2 N–H and O–H groups in total. The summed E-state index contributed by atoms with van der Waals surface area (Å²) in [5.41, 5.74) is -0.924. The lowest BCUT2D eigenvalue weighted by Gasteiger charge is -2.32. The molecule has 0 saturated carbocycles. The molecule has 1 heterocycles. The summed E-state index contributed by atoms with van der Waals surface area (Å²) < 4.78 is 40.8. The first-order valence-electron chi connectivity index (χ1n) is 9.44. The van der Waals surface area contributed by atoms with E-state index in [0.717, 1.165) is 0 Å². The topological polar surface area (TPSA) is 76.7 Å². The summed E-state index contributed by atoms with van der Waals surface area (Å²) in [5, 5.41) is 4.77. The van der Waals surface area contributed by atoms with Gasteiger partial charge < -0.3 is 19.9 Å². The van der Waals surface area contributed by atoms with Crippen LogP contribution in [0.5, 0.6) is 0 Å². The molecule has 0 radical (unpaired) electrons. The summed E-state index contributed by atoms with van der Waals surface area (Å²) in [6.45, 7) is 8.67. The van der Waals surface area contributed by atoms with Crippen molar-refractivity contribution >= 4 is 35.8 Å². The van der Waals surface area contributed by atoms with Gasteiger partial charge in [-0.2, -0.15) is 0 Å². The maximum Gasteiger partial charge on any atom is 0.497 e. The second-order valence-corrected chi connectivity index (χ2v) is 8.13. The molecular formula is C21H23BF2N2O4. The van der Waals surface area contributed by atoms with E-state index < -0.39 is 36.0 Å². The second-order valence-electron chi connectivity index (χ2n) is 8.13. The van der Waals surface area contributed by atoms with Gasteiger partial charge >= 0.3 is 13.1 Å². The molecule has 3 rings (SSSR count). The number of rotatable bonds is 4. The average Bonchev–Trinajstić information content (AvgIpc) is 2.86. The van der Waals surface area contributed by atoms with Gasteiger partial charge in [-0.15, -0.1) is 0 Å². The molecule has 0 spiro atoms. The average molecular weight is 416 g/mol. The van der Waals surface area contributed by atoms with Gasteiger partial charge in [0, 0.05) is 16.7 Å². The van der Waals surface area contributed by atoms with Crippen LogP contribution in [-0.4, -0.2) is 30.1 Å². The predicted octanol–water partition coefficient (Wildman–Crippen LogP) is 4.11. The third-order valence-electron chi connectivity index (χ3n) is 5.42. The summed E-state index contributed by atoms with van der Waals surface area (Å²) in [5.74, 6) is -2.48. The van der Waals surface area contributed by atoms with Gasteiger partial charge in [-0.3, -0.25) is 4.79 Å². The standard InChI is InChI=1S/C21H23BF2N2O4/c1-12(27)13-6-8-14(9-7-13)25-19(28)26-16-11-10-15(17(23)18(16)24)22-29-20(2,3)21(4,5)30-22/h6-11H,1-5H3,(H2,25,26,28). The highest BCUT2D eigenvalue weighted by atomic mass is 19.2. The number of amides is 2. The predicted molar refractivity (Wildman–Crippen MR) is 111 cm³/mol. The number of benzene rings is 2. The maximum atomic E-state index is 14.7. The number of carbonyl (C=O) groups is 2. The number of Topliss-reactive ketones (excluding diaryl/α,β-unsaturated/α-hetero) is 1. The van der Waals surface area contributed by atoms with E-state index in [9.17, 15) is 18.4 Å². The minimum absolute atomic E-state index is 0.0862. The van der Waals surface area contributed by atoms with E-state index in [4.69, 9.17) is 9.31 Å². The Morgan fingerprint density at radius 3 is 1.97 bits per heavy atom. The summed E-state index contributed by atoms with van der Waals surface area (Å²) >= 11 is 0. The van der Waals surface area contributed by atoms with Gasteiger partial charge in [-0.1, -0.05) is 6.07 Å². The number of halogens is 2. The van der Waals surface area contributed by atoms with Crippen molar-refractivity contribution in [3.63, 3.8) is 0 Å². The van der Waals surface area contributed by atoms with E-state index in [2.05, 4.69) is 10.6 Å². The van der Waals surface area contributed by atoms with Crippen LogP contribution in [0.1, 0.15) is 45.0 Å². The van der Waals surface area contributed by atoms with Crippen LogP contribution in [-0.2, 0) is 9.31 Å². The minimum Gasteiger partial charge on any atom is -0.399 e. The molecule has 0 unspecified atom stereocenters. The zero-order valence-electron chi connectivity index (χ0n) is 17.4. The number of ketones is 1. The molecule has 9 heteroatoms. The minimum atomic E-state index is -1.22. The van der Waals surface area contributed by atoms with Gasteiger partial charge in [0.1, 0.15) is 0 Å². The molecular weight excluding hydrogens is 393 g/mol. The number of anilines is 2. The molecule has 0 aromatic heterocycles. The first kappa shape index (κ1) is 21.9. The van der Waals surface area contributed by atoms with Crippen LogP contribution in [0, 0.1) is 11.6 Å². The van der Waals surface area contributed by atoms with Crippen LogP contribution in [0.25, 0.3) is 0 Å². The Hall–Kier alpha value is -2.78. The zero-order valence-corrected chi connectivity index (χ0v) is 17.4. The Bertz CT molecular complexity index is 977. The van der Waals surface area contributed by atoms with Gasteiger partial charge in [-0.25, -0.2) is 13.6 Å². The lowest BCUT2D eigenvalue weighted by atomic mass is 9.78. The lowest BCUT2D eigenvalue weighted by molar-refractivity contribution is 0.00578. The highest BCUT2D eigenvalue weighted by Gasteiger charge is 2.52. The summed E-state index contributed by atoms with van der Waals surface area (Å²) in [4.78, 5) is 23.4. The van der Waals surface area contributed by atoms with Gasteiger partial charge in [0.2, 0.25) is 0 Å². The van der Waals surface area contributed by atoms with Gasteiger partial charge in [-0.05, 0) is 65.0 Å². The Morgan fingerprint density at radius 1 is 0.867 bits per heavy atom. The van der Waals surface area contributed by atoms with Gasteiger partial charge in [0.15, 0.2) is 17.4 Å². The van der Waals surface area contributed by atoms with Crippen molar-refractivity contribution < 1.29 is 27.7 Å². The van der Waals surface area contributed by atoms with Crippen LogP contribution in [0.15, 0.2) is 36.4 Å². The SMILES string of the molecule is CC(=O)c1ccc(NC(=O)Nc2ccc(B3OC(C)(C)C(C)(C)O3)c(F)c2F)cc1. The molecule has 158 valence electrons. The van der Waals surface area contributed by atoms with Crippen molar-refractivity contribution in [2.45, 2.75) is 45.8 Å². The van der Waals surface area contributed by atoms with E-state index >= 15 is 0 Å². The molecule has 0 atom stereocenters. The highest BCUT2D eigenvalue weighted by Crippen LogP contribution is 2.37. The van der Waals surface area contributed by atoms with Crippen molar-refractivity contribution in [3.8, 4) is 0 Å². The first-order chi connectivity index (χ1) is 13.9. The van der Waals surface area contributed by atoms with Gasteiger partial charge in [0.05, 0.1) is 16.9 Å². The van der Waals surface area contributed by atoms with Crippen LogP contribution < -0.4 is 16.1 Å². The fraction of sp³-hybridized carbons (Fsp3) is 0.333. The van der Waals surface area contributed by atoms with Crippen molar-refractivity contribution in [1.82, 2.24) is 0 Å². The van der Waals surface area contributed by atoms with E-state index in [-0.39, 0.29) is 16.9 Å². The molecule has 0 aliphatic carbocycles. The highest BCUT2D eigenvalue weighted by molar-refractivity contribution is 6.62. The van der Waals surface area contributed by atoms with Crippen LogP contribution >= 0.6 is 0 Å². The molecule has 1 aliphatic heterocycles. The number of nitrogens with one attached hydrogen (secondary N) is 2. The third-order valence-corrected chi connectivity index (χ3v) is 5.42. The Kier molecular flexibility index (Phi) is 5.71. The first-order valence-corrected chi connectivity index (χ1v) is 9.44. The largest absolute Gasteiger partial charge is 0.497 e.